The Bertz CT molecular complexity index is 234. The third-order valence-corrected chi connectivity index (χ3v) is 1.77. The van der Waals surface area contributed by atoms with Crippen LogP contribution < -0.4 is 0 Å². The van der Waals surface area contributed by atoms with Crippen molar-refractivity contribution in [3.05, 3.63) is 23.8 Å². The zero-order valence-corrected chi connectivity index (χ0v) is 6.79. The average Bonchev–Trinajstić information content (AvgIpc) is 1.85. The molecule has 0 radical (unpaired) electrons. The third-order valence-electron chi connectivity index (χ3n) is 1.77. The van der Waals surface area contributed by atoms with Gasteiger partial charge >= 0.3 is 5.97 Å². The molecule has 0 bridgehead atoms. The number of carbonyl (C=O) groups is 1. The highest BCUT2D eigenvalue weighted by Gasteiger charge is 2.21. The number of carboxylic acid groups (broad SMARTS) is 1. The van der Waals surface area contributed by atoms with E-state index in [0.717, 1.165) is 0 Å². The van der Waals surface area contributed by atoms with Crippen LogP contribution in [0.5, 0.6) is 0 Å². The number of rotatable bonds is 1. The van der Waals surface area contributed by atoms with Gasteiger partial charge in [0, 0.05) is 5.57 Å². The summed E-state index contributed by atoms with van der Waals surface area (Å²) >= 11 is 0. The minimum atomic E-state index is -0.803. The summed E-state index contributed by atoms with van der Waals surface area (Å²) in [5.74, 6) is -0.803. The van der Waals surface area contributed by atoms with Crippen LogP contribution in [0.1, 0.15) is 20.3 Å². The summed E-state index contributed by atoms with van der Waals surface area (Å²) in [5.41, 5.74) is 0.500. The van der Waals surface area contributed by atoms with Gasteiger partial charge in [-0.2, -0.15) is 0 Å². The van der Waals surface area contributed by atoms with E-state index in [1.54, 1.807) is 6.08 Å². The second-order valence-electron chi connectivity index (χ2n) is 3.52. The first-order valence-corrected chi connectivity index (χ1v) is 3.63. The normalized spacial score (nSPS) is 21.1. The molecule has 1 aliphatic rings. The van der Waals surface area contributed by atoms with E-state index in [4.69, 9.17) is 5.11 Å². The van der Waals surface area contributed by atoms with Crippen LogP contribution in [0.4, 0.5) is 0 Å². The van der Waals surface area contributed by atoms with Gasteiger partial charge in [0.25, 0.3) is 0 Å². The van der Waals surface area contributed by atoms with Crippen LogP contribution in [0, 0.1) is 5.41 Å². The maximum absolute atomic E-state index is 10.5. The minimum absolute atomic E-state index is 0.00245. The van der Waals surface area contributed by atoms with Gasteiger partial charge in [-0.3, -0.25) is 0 Å². The number of allylic oxidation sites excluding steroid dienone is 3. The zero-order chi connectivity index (χ0) is 8.48. The Balaban J connectivity index is 2.81. The number of hydrogen-bond acceptors (Lipinski definition) is 1. The van der Waals surface area contributed by atoms with E-state index in [2.05, 4.69) is 0 Å². The SMILES string of the molecule is CC1(C)C=CC=C(C(=O)O)C1. The predicted octanol–water partition coefficient (Wildman–Crippen LogP) is 1.98. The van der Waals surface area contributed by atoms with Gasteiger partial charge in [-0.15, -0.1) is 0 Å². The van der Waals surface area contributed by atoms with E-state index in [1.165, 1.54) is 0 Å². The molecular weight excluding hydrogens is 140 g/mol. The third kappa shape index (κ3) is 1.93. The van der Waals surface area contributed by atoms with Crippen LogP contribution in [-0.2, 0) is 4.79 Å². The van der Waals surface area contributed by atoms with Gasteiger partial charge in [0.05, 0.1) is 0 Å². The lowest BCUT2D eigenvalue weighted by molar-refractivity contribution is -0.133. The molecule has 0 unspecified atom stereocenters. The molecule has 0 saturated carbocycles. The van der Waals surface area contributed by atoms with E-state index in [1.807, 2.05) is 26.0 Å². The molecule has 0 spiro atoms. The van der Waals surface area contributed by atoms with Crippen molar-refractivity contribution >= 4 is 5.97 Å². The second-order valence-corrected chi connectivity index (χ2v) is 3.52. The summed E-state index contributed by atoms with van der Waals surface area (Å²) in [6.45, 7) is 4.05. The first-order chi connectivity index (χ1) is 5.01. The van der Waals surface area contributed by atoms with Crippen molar-refractivity contribution in [1.29, 1.82) is 0 Å². The van der Waals surface area contributed by atoms with Crippen LogP contribution >= 0.6 is 0 Å². The van der Waals surface area contributed by atoms with Crippen molar-refractivity contribution in [3.63, 3.8) is 0 Å². The second kappa shape index (κ2) is 2.53. The molecule has 0 saturated heterocycles. The molecule has 0 atom stereocenters. The molecular formula is C9H12O2. The van der Waals surface area contributed by atoms with Crippen LogP contribution in [0.3, 0.4) is 0 Å². The minimum Gasteiger partial charge on any atom is -0.478 e. The van der Waals surface area contributed by atoms with Crippen LogP contribution in [0.25, 0.3) is 0 Å². The zero-order valence-electron chi connectivity index (χ0n) is 6.79. The summed E-state index contributed by atoms with van der Waals surface area (Å²) in [6, 6.07) is 0. The highest BCUT2D eigenvalue weighted by molar-refractivity contribution is 5.87. The fourth-order valence-electron chi connectivity index (χ4n) is 1.18. The van der Waals surface area contributed by atoms with E-state index in [-0.39, 0.29) is 5.41 Å². The lowest BCUT2D eigenvalue weighted by Crippen LogP contribution is -2.15. The van der Waals surface area contributed by atoms with Crippen LogP contribution in [0.2, 0.25) is 0 Å². The quantitative estimate of drug-likeness (QED) is 0.623. The van der Waals surface area contributed by atoms with Gasteiger partial charge in [0.15, 0.2) is 0 Å². The lowest BCUT2D eigenvalue weighted by Gasteiger charge is -2.22. The summed E-state index contributed by atoms with van der Waals surface area (Å²) in [4.78, 5) is 10.5. The maximum atomic E-state index is 10.5. The molecule has 0 aliphatic heterocycles. The summed E-state index contributed by atoms with van der Waals surface area (Å²) < 4.78 is 0. The standard InChI is InChI=1S/C9H12O2/c1-9(2)5-3-4-7(6-9)8(10)11/h3-5H,6H2,1-2H3,(H,10,11). The molecule has 1 rings (SSSR count). The van der Waals surface area contributed by atoms with Crippen molar-refractivity contribution in [2.24, 2.45) is 5.41 Å². The van der Waals surface area contributed by atoms with Crippen molar-refractivity contribution in [2.45, 2.75) is 20.3 Å². The van der Waals surface area contributed by atoms with Gasteiger partial charge in [-0.05, 0) is 11.8 Å². The number of aliphatic carboxylic acids is 1. The molecule has 0 amide bonds. The van der Waals surface area contributed by atoms with Crippen molar-refractivity contribution in [3.8, 4) is 0 Å². The highest BCUT2D eigenvalue weighted by Crippen LogP contribution is 2.29. The number of hydrogen-bond donors (Lipinski definition) is 1. The molecule has 0 aromatic rings. The Kier molecular flexibility index (Phi) is 1.85. The Morgan fingerprint density at radius 2 is 2.27 bits per heavy atom. The summed E-state index contributed by atoms with van der Waals surface area (Å²) in [6.07, 6.45) is 6.12. The monoisotopic (exact) mass is 152 g/mol. The first kappa shape index (κ1) is 8.05. The molecule has 11 heavy (non-hydrogen) atoms. The van der Waals surface area contributed by atoms with Gasteiger partial charge in [-0.25, -0.2) is 4.79 Å². The molecule has 60 valence electrons. The number of carboxylic acids is 1. The van der Waals surface area contributed by atoms with Crippen LogP contribution in [-0.4, -0.2) is 11.1 Å². The lowest BCUT2D eigenvalue weighted by atomic mass is 9.82. The molecule has 0 aromatic heterocycles. The molecule has 0 heterocycles. The van der Waals surface area contributed by atoms with Gasteiger partial charge in [0.1, 0.15) is 0 Å². The Morgan fingerprint density at radius 1 is 1.64 bits per heavy atom. The molecule has 0 fully saturated rings. The summed E-state index contributed by atoms with van der Waals surface area (Å²) in [5, 5.41) is 8.67. The predicted molar refractivity (Wildman–Crippen MR) is 43.3 cm³/mol. The molecule has 1 aliphatic carbocycles. The van der Waals surface area contributed by atoms with E-state index in [0.29, 0.717) is 12.0 Å². The van der Waals surface area contributed by atoms with Gasteiger partial charge in [0.2, 0.25) is 0 Å². The fraction of sp³-hybridized carbons (Fsp3) is 0.444. The molecule has 2 heteroatoms. The Labute approximate surface area is 66.2 Å². The molecule has 1 N–H and O–H groups in total. The van der Waals surface area contributed by atoms with Crippen LogP contribution in [0.15, 0.2) is 23.8 Å². The maximum Gasteiger partial charge on any atom is 0.331 e. The van der Waals surface area contributed by atoms with Crippen molar-refractivity contribution < 1.29 is 9.90 Å². The van der Waals surface area contributed by atoms with E-state index >= 15 is 0 Å². The topological polar surface area (TPSA) is 37.3 Å². The average molecular weight is 152 g/mol. The van der Waals surface area contributed by atoms with Gasteiger partial charge in [-0.1, -0.05) is 32.1 Å². The van der Waals surface area contributed by atoms with Gasteiger partial charge < -0.3 is 5.11 Å². The van der Waals surface area contributed by atoms with E-state index < -0.39 is 5.97 Å². The molecule has 0 aromatic carbocycles. The highest BCUT2D eigenvalue weighted by atomic mass is 16.4. The van der Waals surface area contributed by atoms with Crippen molar-refractivity contribution in [1.82, 2.24) is 0 Å². The summed E-state index contributed by atoms with van der Waals surface area (Å²) in [7, 11) is 0. The first-order valence-electron chi connectivity index (χ1n) is 3.63. The Hall–Kier alpha value is -1.05. The molecule has 2 nitrogen and oxygen atoms in total. The smallest absolute Gasteiger partial charge is 0.331 e. The Morgan fingerprint density at radius 3 is 2.64 bits per heavy atom. The fourth-order valence-corrected chi connectivity index (χ4v) is 1.18. The van der Waals surface area contributed by atoms with Crippen molar-refractivity contribution in [2.75, 3.05) is 0 Å². The van der Waals surface area contributed by atoms with E-state index in [9.17, 15) is 4.79 Å². The largest absolute Gasteiger partial charge is 0.478 e.